The number of carbonyl (C=O) groups is 7. The van der Waals surface area contributed by atoms with E-state index in [1.165, 1.54) is 0 Å². The molecule has 4 amide bonds. The van der Waals surface area contributed by atoms with Gasteiger partial charge in [-0.3, -0.25) is 28.8 Å². The molecule has 10 N–H and O–H groups in total. The quantitative estimate of drug-likeness (QED) is 0.103. The third-order valence-electron chi connectivity index (χ3n) is 5.11. The van der Waals surface area contributed by atoms with Gasteiger partial charge in [0, 0.05) is 12.8 Å². The summed E-state index contributed by atoms with van der Waals surface area (Å²) < 4.78 is 0. The predicted molar refractivity (Wildman–Crippen MR) is 118 cm³/mol. The standard InChI is InChI=1S/C20H33N5O10/c1-3-9(2)16(20(34)35)25-19(33)12(8-15(29)30)24-18(32)11(5-6-13(22)26)23-17(31)10(21)4-7-14(27)28/h9-12,16H,3-8,21H2,1-2H3,(H2,22,26)(H,23,31)(H,24,32)(H,25,33)(H,27,28)(H,29,30)(H,34,35). The van der Waals surface area contributed by atoms with E-state index in [-0.39, 0.29) is 19.3 Å². The van der Waals surface area contributed by atoms with Gasteiger partial charge in [0.25, 0.3) is 0 Å². The Morgan fingerprint density at radius 3 is 1.77 bits per heavy atom. The van der Waals surface area contributed by atoms with Crippen LogP contribution in [0.3, 0.4) is 0 Å². The number of nitrogens with two attached hydrogens (primary N) is 2. The zero-order valence-electron chi connectivity index (χ0n) is 19.5. The molecule has 5 atom stereocenters. The molecule has 0 radical (unpaired) electrons. The number of hydrogen-bond acceptors (Lipinski definition) is 8. The van der Waals surface area contributed by atoms with E-state index in [4.69, 9.17) is 21.7 Å². The molecule has 0 aliphatic rings. The van der Waals surface area contributed by atoms with Crippen LogP contribution >= 0.6 is 0 Å². The van der Waals surface area contributed by atoms with E-state index in [0.29, 0.717) is 6.42 Å². The zero-order chi connectivity index (χ0) is 27.3. The Morgan fingerprint density at radius 1 is 0.771 bits per heavy atom. The van der Waals surface area contributed by atoms with Crippen LogP contribution in [0.15, 0.2) is 0 Å². The lowest BCUT2D eigenvalue weighted by molar-refractivity contribution is -0.145. The van der Waals surface area contributed by atoms with Crippen molar-refractivity contribution in [3.8, 4) is 0 Å². The van der Waals surface area contributed by atoms with Crippen LogP contribution in [-0.4, -0.2) is 81.0 Å². The van der Waals surface area contributed by atoms with E-state index in [1.54, 1.807) is 13.8 Å². The van der Waals surface area contributed by atoms with Crippen molar-refractivity contribution < 1.29 is 48.9 Å². The summed E-state index contributed by atoms with van der Waals surface area (Å²) in [6.45, 7) is 3.25. The number of aliphatic carboxylic acids is 3. The summed E-state index contributed by atoms with van der Waals surface area (Å²) in [6, 6.07) is -5.84. The molecule has 35 heavy (non-hydrogen) atoms. The molecule has 0 saturated carbocycles. The van der Waals surface area contributed by atoms with Crippen molar-refractivity contribution in [3.63, 3.8) is 0 Å². The fourth-order valence-electron chi connectivity index (χ4n) is 2.84. The van der Waals surface area contributed by atoms with Gasteiger partial charge in [0.15, 0.2) is 0 Å². The molecule has 0 aromatic carbocycles. The first kappa shape index (κ1) is 31.2. The average molecular weight is 504 g/mol. The Labute approximate surface area is 201 Å². The van der Waals surface area contributed by atoms with Crippen LogP contribution in [-0.2, 0) is 33.6 Å². The topological polar surface area (TPSA) is 268 Å². The molecule has 0 aromatic rings. The van der Waals surface area contributed by atoms with Gasteiger partial charge in [-0.2, -0.15) is 0 Å². The first-order valence-corrected chi connectivity index (χ1v) is 10.8. The molecule has 0 spiro atoms. The average Bonchev–Trinajstić information content (AvgIpc) is 2.76. The van der Waals surface area contributed by atoms with E-state index in [0.717, 1.165) is 0 Å². The minimum atomic E-state index is -1.71. The second-order valence-corrected chi connectivity index (χ2v) is 7.97. The highest BCUT2D eigenvalue weighted by atomic mass is 16.4. The van der Waals surface area contributed by atoms with Crippen LogP contribution in [0, 0.1) is 5.92 Å². The van der Waals surface area contributed by atoms with Gasteiger partial charge in [-0.05, 0) is 18.8 Å². The zero-order valence-corrected chi connectivity index (χ0v) is 19.5. The summed E-state index contributed by atoms with van der Waals surface area (Å²) in [5.41, 5.74) is 10.7. The number of carboxylic acids is 3. The summed E-state index contributed by atoms with van der Waals surface area (Å²) >= 11 is 0. The highest BCUT2D eigenvalue weighted by Gasteiger charge is 2.33. The fraction of sp³-hybridized carbons (Fsp3) is 0.650. The molecule has 0 bridgehead atoms. The summed E-state index contributed by atoms with van der Waals surface area (Å²) in [6.07, 6.45) is -1.89. The Bertz CT molecular complexity index is 818. The van der Waals surface area contributed by atoms with Crippen molar-refractivity contribution in [1.82, 2.24) is 16.0 Å². The van der Waals surface area contributed by atoms with Crippen molar-refractivity contribution in [2.45, 2.75) is 76.5 Å². The molecule has 0 aromatic heterocycles. The van der Waals surface area contributed by atoms with Gasteiger partial charge in [-0.15, -0.1) is 0 Å². The van der Waals surface area contributed by atoms with Gasteiger partial charge in [0.1, 0.15) is 18.1 Å². The number of carbonyl (C=O) groups excluding carboxylic acids is 4. The smallest absolute Gasteiger partial charge is 0.326 e. The molecule has 198 valence electrons. The maximum absolute atomic E-state index is 12.8. The van der Waals surface area contributed by atoms with Gasteiger partial charge < -0.3 is 42.7 Å². The highest BCUT2D eigenvalue weighted by molar-refractivity contribution is 5.95. The van der Waals surface area contributed by atoms with E-state index < -0.39 is 84.5 Å². The molecule has 0 aliphatic heterocycles. The monoisotopic (exact) mass is 503 g/mol. The van der Waals surface area contributed by atoms with Crippen LogP contribution in [0.1, 0.15) is 52.4 Å². The largest absolute Gasteiger partial charge is 0.481 e. The minimum Gasteiger partial charge on any atom is -0.481 e. The van der Waals surface area contributed by atoms with Crippen LogP contribution in [0.5, 0.6) is 0 Å². The first-order chi connectivity index (χ1) is 16.2. The second kappa shape index (κ2) is 15.2. The Morgan fingerprint density at radius 2 is 1.31 bits per heavy atom. The Hall–Kier alpha value is -3.75. The fourth-order valence-corrected chi connectivity index (χ4v) is 2.84. The van der Waals surface area contributed by atoms with Crippen LogP contribution in [0.25, 0.3) is 0 Å². The van der Waals surface area contributed by atoms with Gasteiger partial charge in [0.05, 0.1) is 12.5 Å². The Balaban J connectivity index is 5.61. The molecular weight excluding hydrogens is 470 g/mol. The number of nitrogens with one attached hydrogen (secondary N) is 3. The molecule has 15 nitrogen and oxygen atoms in total. The Kier molecular flexibility index (Phi) is 13.6. The van der Waals surface area contributed by atoms with Gasteiger partial charge in [-0.25, -0.2) is 4.79 Å². The summed E-state index contributed by atoms with van der Waals surface area (Å²) in [4.78, 5) is 82.2. The minimum absolute atomic E-state index is 0.248. The number of primary amides is 1. The van der Waals surface area contributed by atoms with E-state index in [1.807, 2.05) is 0 Å². The lowest BCUT2D eigenvalue weighted by Crippen LogP contribution is -2.58. The molecule has 0 aliphatic carbocycles. The summed E-state index contributed by atoms with van der Waals surface area (Å²) in [7, 11) is 0. The third kappa shape index (κ3) is 12.3. The molecule has 0 saturated heterocycles. The summed E-state index contributed by atoms with van der Waals surface area (Å²) in [5, 5.41) is 33.8. The molecule has 0 rings (SSSR count). The van der Waals surface area contributed by atoms with Crippen LogP contribution < -0.4 is 27.4 Å². The molecular formula is C20H33N5O10. The molecule has 5 unspecified atom stereocenters. The van der Waals surface area contributed by atoms with Crippen LogP contribution in [0.4, 0.5) is 0 Å². The van der Waals surface area contributed by atoms with E-state index in [2.05, 4.69) is 16.0 Å². The number of carboxylic acid groups (broad SMARTS) is 3. The molecule has 0 heterocycles. The normalized spacial score (nSPS) is 14.9. The van der Waals surface area contributed by atoms with E-state index >= 15 is 0 Å². The first-order valence-electron chi connectivity index (χ1n) is 10.8. The molecule has 15 heteroatoms. The second-order valence-electron chi connectivity index (χ2n) is 7.97. The number of rotatable bonds is 17. The SMILES string of the molecule is CCC(C)C(NC(=O)C(CC(=O)O)NC(=O)C(CCC(N)=O)NC(=O)C(N)CCC(=O)O)C(=O)O. The number of amides is 4. The molecule has 0 fully saturated rings. The highest BCUT2D eigenvalue weighted by Crippen LogP contribution is 2.09. The van der Waals surface area contributed by atoms with Crippen molar-refractivity contribution in [3.05, 3.63) is 0 Å². The maximum atomic E-state index is 12.8. The van der Waals surface area contributed by atoms with E-state index in [9.17, 15) is 38.7 Å². The number of hydrogen-bond donors (Lipinski definition) is 8. The van der Waals surface area contributed by atoms with Crippen LogP contribution in [0.2, 0.25) is 0 Å². The third-order valence-corrected chi connectivity index (χ3v) is 5.11. The maximum Gasteiger partial charge on any atom is 0.326 e. The van der Waals surface area contributed by atoms with Gasteiger partial charge >= 0.3 is 17.9 Å². The lowest BCUT2D eigenvalue weighted by atomic mass is 9.98. The lowest BCUT2D eigenvalue weighted by Gasteiger charge is -2.26. The van der Waals surface area contributed by atoms with Gasteiger partial charge in [-0.1, -0.05) is 20.3 Å². The van der Waals surface area contributed by atoms with Crippen molar-refractivity contribution >= 4 is 41.5 Å². The van der Waals surface area contributed by atoms with Crippen molar-refractivity contribution in [2.75, 3.05) is 0 Å². The van der Waals surface area contributed by atoms with Gasteiger partial charge in [0.2, 0.25) is 23.6 Å². The van der Waals surface area contributed by atoms with Crippen molar-refractivity contribution in [2.24, 2.45) is 17.4 Å². The summed E-state index contributed by atoms with van der Waals surface area (Å²) in [5.74, 6) is -8.40. The van der Waals surface area contributed by atoms with Crippen molar-refractivity contribution in [1.29, 1.82) is 0 Å². The predicted octanol–water partition coefficient (Wildman–Crippen LogP) is -2.50.